The second-order valence-electron chi connectivity index (χ2n) is 4.87. The van der Waals surface area contributed by atoms with E-state index in [1.165, 1.54) is 6.08 Å². The molecule has 1 rings (SSSR count). The molecule has 0 bridgehead atoms. The van der Waals surface area contributed by atoms with E-state index in [4.69, 9.17) is 0 Å². The molecule has 0 spiro atoms. The van der Waals surface area contributed by atoms with Gasteiger partial charge in [-0.3, -0.25) is 4.79 Å². The van der Waals surface area contributed by atoms with E-state index in [2.05, 4.69) is 11.3 Å². The van der Waals surface area contributed by atoms with Crippen LogP contribution >= 0.6 is 0 Å². The number of esters is 1. The van der Waals surface area contributed by atoms with Gasteiger partial charge in [-0.25, -0.2) is 4.79 Å². The van der Waals surface area contributed by atoms with Crippen molar-refractivity contribution < 1.29 is 40.7 Å². The summed E-state index contributed by atoms with van der Waals surface area (Å²) in [6.07, 6.45) is -9.06. The Bertz CT molecular complexity index is 634. The van der Waals surface area contributed by atoms with E-state index >= 15 is 0 Å². The second kappa shape index (κ2) is 7.58. The minimum atomic E-state index is -5.08. The molecule has 10 heteroatoms. The SMILES string of the molecule is C=CC[C@H](NC(=O)c1cc(C(F)(F)F)cc(C(F)(F)F)c1)C(=O)OC. The van der Waals surface area contributed by atoms with Crippen LogP contribution in [-0.2, 0) is 21.9 Å². The third-order valence-corrected chi connectivity index (χ3v) is 3.04. The Labute approximate surface area is 138 Å². The van der Waals surface area contributed by atoms with Crippen molar-refractivity contribution in [3.8, 4) is 0 Å². The van der Waals surface area contributed by atoms with Gasteiger partial charge in [0.25, 0.3) is 5.91 Å². The number of alkyl halides is 6. The average molecular weight is 369 g/mol. The van der Waals surface area contributed by atoms with Crippen molar-refractivity contribution in [2.45, 2.75) is 24.8 Å². The van der Waals surface area contributed by atoms with Gasteiger partial charge in [0.15, 0.2) is 0 Å². The van der Waals surface area contributed by atoms with Crippen molar-refractivity contribution in [1.29, 1.82) is 0 Å². The highest BCUT2D eigenvalue weighted by Crippen LogP contribution is 2.36. The molecule has 4 nitrogen and oxygen atoms in total. The van der Waals surface area contributed by atoms with Gasteiger partial charge in [0.05, 0.1) is 18.2 Å². The van der Waals surface area contributed by atoms with E-state index in [0.29, 0.717) is 0 Å². The van der Waals surface area contributed by atoms with Crippen LogP contribution in [0.25, 0.3) is 0 Å². The number of carbonyl (C=O) groups is 2. The predicted octanol–water partition coefficient (Wildman–Crippen LogP) is 3.57. The summed E-state index contributed by atoms with van der Waals surface area (Å²) >= 11 is 0. The zero-order valence-corrected chi connectivity index (χ0v) is 12.8. The smallest absolute Gasteiger partial charge is 0.416 e. The first-order chi connectivity index (χ1) is 11.4. The van der Waals surface area contributed by atoms with Gasteiger partial charge in [0.1, 0.15) is 6.04 Å². The molecule has 1 N–H and O–H groups in total. The lowest BCUT2D eigenvalue weighted by atomic mass is 10.0. The number of rotatable bonds is 5. The summed E-state index contributed by atoms with van der Waals surface area (Å²) in [7, 11) is 1.01. The molecule has 25 heavy (non-hydrogen) atoms. The summed E-state index contributed by atoms with van der Waals surface area (Å²) in [5.74, 6) is -2.20. The Morgan fingerprint density at radius 3 is 1.96 bits per heavy atom. The molecule has 0 saturated carbocycles. The summed E-state index contributed by atoms with van der Waals surface area (Å²) in [6, 6.07) is -0.850. The van der Waals surface area contributed by atoms with Crippen molar-refractivity contribution in [2.75, 3.05) is 7.11 Å². The van der Waals surface area contributed by atoms with Gasteiger partial charge in [-0.1, -0.05) is 6.08 Å². The maximum atomic E-state index is 12.8. The normalized spacial score (nSPS) is 13.1. The molecular formula is C15H13F6NO3. The zero-order chi connectivity index (χ0) is 19.4. The highest BCUT2D eigenvalue weighted by atomic mass is 19.4. The molecule has 0 aliphatic heterocycles. The van der Waals surface area contributed by atoms with Crippen molar-refractivity contribution in [2.24, 2.45) is 0 Å². The molecule has 138 valence electrons. The number of halogens is 6. The Morgan fingerprint density at radius 2 is 1.60 bits per heavy atom. The lowest BCUT2D eigenvalue weighted by molar-refractivity contribution is -0.144. The Balaban J connectivity index is 3.28. The average Bonchev–Trinajstić information content (AvgIpc) is 2.51. The van der Waals surface area contributed by atoms with Crippen LogP contribution in [0.2, 0.25) is 0 Å². The van der Waals surface area contributed by atoms with Crippen LogP contribution in [0.4, 0.5) is 26.3 Å². The largest absolute Gasteiger partial charge is 0.467 e. The summed E-state index contributed by atoms with van der Waals surface area (Å²) in [5, 5.41) is 2.02. The molecule has 1 aromatic carbocycles. The zero-order valence-electron chi connectivity index (χ0n) is 12.8. The Hall–Kier alpha value is -2.52. The number of nitrogens with one attached hydrogen (secondary N) is 1. The highest BCUT2D eigenvalue weighted by molar-refractivity contribution is 5.97. The standard InChI is InChI=1S/C15H13F6NO3/c1-3-4-11(13(24)25-2)22-12(23)8-5-9(14(16,17)18)7-10(6-8)15(19,20)21/h3,5-7,11H,1,4H2,2H3,(H,22,23)/t11-/m0/s1. The summed E-state index contributed by atoms with van der Waals surface area (Å²) in [6.45, 7) is 3.33. The molecule has 0 fully saturated rings. The molecule has 0 unspecified atom stereocenters. The van der Waals surface area contributed by atoms with Crippen molar-refractivity contribution in [3.05, 3.63) is 47.5 Å². The minimum absolute atomic E-state index is 0.0989. The van der Waals surface area contributed by atoms with Gasteiger partial charge in [0.2, 0.25) is 0 Å². The maximum absolute atomic E-state index is 12.8. The van der Waals surface area contributed by atoms with Gasteiger partial charge in [0, 0.05) is 5.56 Å². The first kappa shape index (κ1) is 20.5. The van der Waals surface area contributed by atoms with Crippen molar-refractivity contribution in [3.63, 3.8) is 0 Å². The molecule has 1 amide bonds. The molecule has 0 heterocycles. The van der Waals surface area contributed by atoms with E-state index in [0.717, 1.165) is 7.11 Å². The number of hydrogen-bond donors (Lipinski definition) is 1. The van der Waals surface area contributed by atoms with Gasteiger partial charge in [-0.15, -0.1) is 6.58 Å². The third-order valence-electron chi connectivity index (χ3n) is 3.04. The van der Waals surface area contributed by atoms with Crippen LogP contribution < -0.4 is 5.32 Å². The summed E-state index contributed by atoms with van der Waals surface area (Å²) < 4.78 is 81.1. The molecule has 1 atom stereocenters. The van der Waals surface area contributed by atoms with Crippen molar-refractivity contribution >= 4 is 11.9 Å². The topological polar surface area (TPSA) is 55.4 Å². The molecule has 0 aliphatic carbocycles. The molecule has 1 aromatic rings. The monoisotopic (exact) mass is 369 g/mol. The van der Waals surface area contributed by atoms with Crippen LogP contribution in [0.15, 0.2) is 30.9 Å². The van der Waals surface area contributed by atoms with E-state index in [-0.39, 0.29) is 24.6 Å². The van der Waals surface area contributed by atoms with Crippen LogP contribution in [0.5, 0.6) is 0 Å². The van der Waals surface area contributed by atoms with E-state index in [9.17, 15) is 35.9 Å². The predicted molar refractivity (Wildman–Crippen MR) is 74.5 cm³/mol. The van der Waals surface area contributed by atoms with Crippen LogP contribution in [0.1, 0.15) is 27.9 Å². The minimum Gasteiger partial charge on any atom is -0.467 e. The van der Waals surface area contributed by atoms with Gasteiger partial charge in [-0.2, -0.15) is 26.3 Å². The van der Waals surface area contributed by atoms with Crippen LogP contribution in [0, 0.1) is 0 Å². The number of hydrogen-bond acceptors (Lipinski definition) is 3. The van der Waals surface area contributed by atoms with Gasteiger partial charge < -0.3 is 10.1 Å². The van der Waals surface area contributed by atoms with Crippen LogP contribution in [-0.4, -0.2) is 25.0 Å². The molecule has 0 aliphatic rings. The summed E-state index contributed by atoms with van der Waals surface area (Å²) in [4.78, 5) is 23.5. The Morgan fingerprint density at radius 1 is 1.12 bits per heavy atom. The molecular weight excluding hydrogens is 356 g/mol. The Kier molecular flexibility index (Phi) is 6.22. The first-order valence-corrected chi connectivity index (χ1v) is 6.69. The maximum Gasteiger partial charge on any atom is 0.416 e. The van der Waals surface area contributed by atoms with Gasteiger partial charge in [-0.05, 0) is 24.6 Å². The number of methoxy groups -OCH3 is 1. The third kappa shape index (κ3) is 5.50. The number of ether oxygens (including phenoxy) is 1. The van der Waals surface area contributed by atoms with E-state index in [1.807, 2.05) is 5.32 Å². The summed E-state index contributed by atoms with van der Waals surface area (Å²) in [5.41, 5.74) is -4.16. The second-order valence-corrected chi connectivity index (χ2v) is 4.87. The van der Waals surface area contributed by atoms with E-state index < -0.39 is 47.0 Å². The first-order valence-electron chi connectivity index (χ1n) is 6.69. The van der Waals surface area contributed by atoms with Crippen molar-refractivity contribution in [1.82, 2.24) is 5.32 Å². The molecule has 0 saturated heterocycles. The molecule has 0 aromatic heterocycles. The fraction of sp³-hybridized carbons (Fsp3) is 0.333. The highest BCUT2D eigenvalue weighted by Gasteiger charge is 2.37. The number of amides is 1. The van der Waals surface area contributed by atoms with E-state index in [1.54, 1.807) is 0 Å². The van der Waals surface area contributed by atoms with Crippen LogP contribution in [0.3, 0.4) is 0 Å². The lowest BCUT2D eigenvalue weighted by Gasteiger charge is -2.17. The number of carbonyl (C=O) groups excluding carboxylic acids is 2. The number of benzene rings is 1. The molecule has 0 radical (unpaired) electrons. The lowest BCUT2D eigenvalue weighted by Crippen LogP contribution is -2.41. The fourth-order valence-electron chi connectivity index (χ4n) is 1.85. The quantitative estimate of drug-likeness (QED) is 0.491. The fourth-order valence-corrected chi connectivity index (χ4v) is 1.85. The van der Waals surface area contributed by atoms with Gasteiger partial charge >= 0.3 is 18.3 Å².